The monoisotopic (exact) mass is 485 g/mol. The van der Waals surface area contributed by atoms with Crippen molar-refractivity contribution in [3.8, 4) is 0 Å². The highest BCUT2D eigenvalue weighted by molar-refractivity contribution is 5.90. The molecule has 2 aromatic carbocycles. The first-order valence-corrected chi connectivity index (χ1v) is 11.3. The molecule has 0 radical (unpaired) electrons. The molecule has 186 valence electrons. The molecular weight excluding hydrogens is 458 g/mol. The van der Waals surface area contributed by atoms with Crippen LogP contribution < -0.4 is 5.32 Å². The highest BCUT2D eigenvalue weighted by Gasteiger charge is 2.32. The molecule has 11 nitrogen and oxygen atoms in total. The lowest BCUT2D eigenvalue weighted by Crippen LogP contribution is -2.55. The van der Waals surface area contributed by atoms with Gasteiger partial charge in [0, 0.05) is 30.3 Å². The normalized spacial score (nSPS) is 14.2. The predicted molar refractivity (Wildman–Crippen MR) is 125 cm³/mol. The number of rotatable bonds is 10. The molecule has 1 N–H and O–H groups in total. The van der Waals surface area contributed by atoms with Gasteiger partial charge in [-0.2, -0.15) is 0 Å². The van der Waals surface area contributed by atoms with Gasteiger partial charge in [0.15, 0.2) is 0 Å². The number of nitrogens with zero attached hydrogens (tertiary/aromatic N) is 2. The maximum atomic E-state index is 12.5. The summed E-state index contributed by atoms with van der Waals surface area (Å²) in [6.45, 7) is 1.58. The fraction of sp³-hybridized carbons (Fsp3) is 0.417. The van der Waals surface area contributed by atoms with E-state index >= 15 is 0 Å². The molecule has 0 heterocycles. The van der Waals surface area contributed by atoms with Gasteiger partial charge in [-0.15, -0.1) is 0 Å². The Balaban J connectivity index is 1.66. The number of benzene rings is 2. The summed E-state index contributed by atoms with van der Waals surface area (Å²) in [6.07, 6.45) is 5.18. The van der Waals surface area contributed by atoms with Crippen molar-refractivity contribution in [2.75, 3.05) is 13.2 Å². The highest BCUT2D eigenvalue weighted by atomic mass is 16.6. The molecule has 0 bridgehead atoms. The predicted octanol–water partition coefficient (Wildman–Crippen LogP) is 4.20. The van der Waals surface area contributed by atoms with Crippen molar-refractivity contribution >= 4 is 23.3 Å². The van der Waals surface area contributed by atoms with E-state index in [0.717, 1.165) is 32.1 Å². The van der Waals surface area contributed by atoms with E-state index in [9.17, 15) is 29.8 Å². The molecule has 35 heavy (non-hydrogen) atoms. The third-order valence-electron chi connectivity index (χ3n) is 5.83. The number of non-ortho nitro benzene ring substituents is 2. The summed E-state index contributed by atoms with van der Waals surface area (Å²) >= 11 is 0. The second kappa shape index (κ2) is 11.5. The summed E-state index contributed by atoms with van der Waals surface area (Å²) in [5.41, 5.74) is -0.835. The van der Waals surface area contributed by atoms with Gasteiger partial charge in [0.05, 0.1) is 26.5 Å². The summed E-state index contributed by atoms with van der Waals surface area (Å²) in [5.74, 6) is -1.31. The smallest absolute Gasteiger partial charge is 0.338 e. The molecule has 0 aliphatic heterocycles. The van der Waals surface area contributed by atoms with Gasteiger partial charge in [-0.05, 0) is 44.0 Å². The van der Waals surface area contributed by atoms with Crippen LogP contribution in [0, 0.1) is 20.2 Å². The standard InChI is InChI=1S/C24H27N3O8/c1-24(25-19-5-3-2-4-6-19,15-34-22(28)17-7-11-20(12-8-17)26(30)31)16-35-23(29)18-9-13-21(14-10-18)27(32)33/h7-14,19,25H,2-6,15-16H2,1H3. The maximum absolute atomic E-state index is 12.5. The molecule has 1 aliphatic carbocycles. The van der Waals surface area contributed by atoms with E-state index in [1.165, 1.54) is 48.5 Å². The zero-order valence-electron chi connectivity index (χ0n) is 19.3. The Hall–Kier alpha value is -3.86. The van der Waals surface area contributed by atoms with Crippen LogP contribution in [0.4, 0.5) is 11.4 Å². The molecule has 0 saturated heterocycles. The van der Waals surface area contributed by atoms with Gasteiger partial charge in [0.2, 0.25) is 0 Å². The van der Waals surface area contributed by atoms with Crippen LogP contribution in [0.25, 0.3) is 0 Å². The average molecular weight is 485 g/mol. The molecule has 11 heteroatoms. The number of hydrogen-bond acceptors (Lipinski definition) is 9. The van der Waals surface area contributed by atoms with Crippen molar-refractivity contribution in [2.24, 2.45) is 0 Å². The van der Waals surface area contributed by atoms with Gasteiger partial charge >= 0.3 is 11.9 Å². The Labute approximate surface area is 201 Å². The van der Waals surface area contributed by atoms with Gasteiger partial charge < -0.3 is 14.8 Å². The second-order valence-electron chi connectivity index (χ2n) is 8.80. The van der Waals surface area contributed by atoms with Crippen LogP contribution in [0.1, 0.15) is 59.7 Å². The van der Waals surface area contributed by atoms with Crippen molar-refractivity contribution < 1.29 is 28.9 Å². The number of nitro benzene ring substituents is 2. The van der Waals surface area contributed by atoms with E-state index in [-0.39, 0.29) is 41.8 Å². The van der Waals surface area contributed by atoms with Gasteiger partial charge in [0.1, 0.15) is 13.2 Å². The maximum Gasteiger partial charge on any atom is 0.338 e. The lowest BCUT2D eigenvalue weighted by atomic mass is 9.92. The van der Waals surface area contributed by atoms with Crippen LogP contribution in [-0.4, -0.2) is 46.6 Å². The first-order valence-electron chi connectivity index (χ1n) is 11.3. The van der Waals surface area contributed by atoms with Crippen LogP contribution >= 0.6 is 0 Å². The minimum atomic E-state index is -0.894. The zero-order valence-corrected chi connectivity index (χ0v) is 19.3. The topological polar surface area (TPSA) is 151 Å². The fourth-order valence-corrected chi connectivity index (χ4v) is 3.92. The van der Waals surface area contributed by atoms with Crippen LogP contribution in [0.2, 0.25) is 0 Å². The largest absolute Gasteiger partial charge is 0.460 e. The van der Waals surface area contributed by atoms with Crippen molar-refractivity contribution in [3.05, 3.63) is 79.9 Å². The van der Waals surface area contributed by atoms with E-state index in [0.29, 0.717) is 0 Å². The molecule has 1 fully saturated rings. The second-order valence-corrected chi connectivity index (χ2v) is 8.80. The number of carbonyl (C=O) groups excluding carboxylic acids is 2. The molecule has 3 rings (SSSR count). The van der Waals surface area contributed by atoms with Gasteiger partial charge in [0.25, 0.3) is 11.4 Å². The molecular formula is C24H27N3O8. The number of ether oxygens (including phenoxy) is 2. The first-order chi connectivity index (χ1) is 16.7. The average Bonchev–Trinajstić information content (AvgIpc) is 2.86. The Bertz CT molecular complexity index is 990. The lowest BCUT2D eigenvalue weighted by Gasteiger charge is -2.35. The molecule has 1 saturated carbocycles. The number of carbonyl (C=O) groups is 2. The number of esters is 2. The third-order valence-corrected chi connectivity index (χ3v) is 5.83. The van der Waals surface area contributed by atoms with E-state index < -0.39 is 27.3 Å². The van der Waals surface area contributed by atoms with Gasteiger partial charge in [-0.1, -0.05) is 19.3 Å². The zero-order chi connectivity index (χ0) is 25.4. The summed E-state index contributed by atoms with van der Waals surface area (Å²) in [5, 5.41) is 25.1. The highest BCUT2D eigenvalue weighted by Crippen LogP contribution is 2.22. The Morgan fingerprint density at radius 3 is 1.60 bits per heavy atom. The molecule has 2 aromatic rings. The Morgan fingerprint density at radius 1 is 0.829 bits per heavy atom. The molecule has 0 aromatic heterocycles. The lowest BCUT2D eigenvalue weighted by molar-refractivity contribution is -0.385. The van der Waals surface area contributed by atoms with E-state index in [4.69, 9.17) is 9.47 Å². The first kappa shape index (κ1) is 25.8. The third kappa shape index (κ3) is 7.31. The minimum absolute atomic E-state index is 0.104. The quantitative estimate of drug-likeness (QED) is 0.296. The summed E-state index contributed by atoms with van der Waals surface area (Å²) < 4.78 is 11.0. The number of hydrogen-bond donors (Lipinski definition) is 1. The van der Waals surface area contributed by atoms with Crippen LogP contribution in [0.3, 0.4) is 0 Å². The minimum Gasteiger partial charge on any atom is -0.460 e. The summed E-state index contributed by atoms with van der Waals surface area (Å²) in [4.78, 5) is 45.6. The van der Waals surface area contributed by atoms with Crippen molar-refractivity contribution in [3.63, 3.8) is 0 Å². The Kier molecular flexibility index (Phi) is 8.48. The van der Waals surface area contributed by atoms with Crippen LogP contribution in [0.5, 0.6) is 0 Å². The van der Waals surface area contributed by atoms with E-state index in [1.54, 1.807) is 6.92 Å². The molecule has 1 aliphatic rings. The van der Waals surface area contributed by atoms with Crippen molar-refractivity contribution in [1.29, 1.82) is 0 Å². The van der Waals surface area contributed by atoms with Crippen molar-refractivity contribution in [1.82, 2.24) is 5.32 Å². The summed E-state index contributed by atoms with van der Waals surface area (Å²) in [6, 6.07) is 10.3. The van der Waals surface area contributed by atoms with Crippen LogP contribution in [-0.2, 0) is 9.47 Å². The van der Waals surface area contributed by atoms with Crippen LogP contribution in [0.15, 0.2) is 48.5 Å². The fourth-order valence-electron chi connectivity index (χ4n) is 3.92. The summed E-state index contributed by atoms with van der Waals surface area (Å²) in [7, 11) is 0. The van der Waals surface area contributed by atoms with Gasteiger partial charge in [-0.25, -0.2) is 9.59 Å². The van der Waals surface area contributed by atoms with Gasteiger partial charge in [-0.3, -0.25) is 20.2 Å². The van der Waals surface area contributed by atoms with E-state index in [2.05, 4.69) is 5.32 Å². The van der Waals surface area contributed by atoms with Crippen molar-refractivity contribution in [2.45, 2.75) is 50.6 Å². The molecule has 0 unspecified atom stereocenters. The molecule has 0 spiro atoms. The van der Waals surface area contributed by atoms with E-state index in [1.807, 2.05) is 0 Å². The number of nitro groups is 2. The Morgan fingerprint density at radius 2 is 1.23 bits per heavy atom. The molecule has 0 atom stereocenters. The molecule has 0 amide bonds. The number of nitrogens with one attached hydrogen (secondary N) is 1. The SMILES string of the molecule is CC(COC(=O)c1ccc([N+](=O)[O-])cc1)(COC(=O)c1ccc([N+](=O)[O-])cc1)NC1CCCCC1.